The maximum Gasteiger partial charge on any atom is 0.236 e. The van der Waals surface area contributed by atoms with Gasteiger partial charge in [-0.2, -0.15) is 0 Å². The summed E-state index contributed by atoms with van der Waals surface area (Å²) in [5.41, 5.74) is 0. The predicted molar refractivity (Wildman–Crippen MR) is 49.5 cm³/mol. The summed E-state index contributed by atoms with van der Waals surface area (Å²) < 4.78 is 0. The van der Waals surface area contributed by atoms with Gasteiger partial charge in [-0.25, -0.2) is 9.88 Å². The van der Waals surface area contributed by atoms with E-state index in [4.69, 9.17) is 0 Å². The Bertz CT molecular complexity index is 327. The standard InChI is InChI=1S/C9H11N3O2/c13-7-3-1-2-4-8(14)12(7)9-10-5-6-11-9/h5-6H,1-4H2,(H,10,11). The fourth-order valence-corrected chi connectivity index (χ4v) is 1.53. The van der Waals surface area contributed by atoms with E-state index in [1.54, 1.807) is 6.20 Å². The Morgan fingerprint density at radius 1 is 1.21 bits per heavy atom. The SMILES string of the molecule is O=C1CCCCC(=O)N1c1ncc[nH]1. The van der Waals surface area contributed by atoms with Gasteiger partial charge in [-0.05, 0) is 12.8 Å². The number of imide groups is 1. The van der Waals surface area contributed by atoms with Crippen molar-refractivity contribution >= 4 is 17.8 Å². The first-order valence-electron chi connectivity index (χ1n) is 4.64. The number of nitrogens with zero attached hydrogens (tertiary/aromatic N) is 2. The normalized spacial score (nSPS) is 18.4. The van der Waals surface area contributed by atoms with Crippen LogP contribution < -0.4 is 4.90 Å². The molecule has 1 aliphatic rings. The van der Waals surface area contributed by atoms with Crippen molar-refractivity contribution in [3.63, 3.8) is 0 Å². The minimum Gasteiger partial charge on any atom is -0.330 e. The van der Waals surface area contributed by atoms with Gasteiger partial charge in [0.15, 0.2) is 0 Å². The number of H-pyrrole nitrogens is 1. The third-order valence-corrected chi connectivity index (χ3v) is 2.23. The second-order valence-corrected chi connectivity index (χ2v) is 3.24. The topological polar surface area (TPSA) is 66.1 Å². The largest absolute Gasteiger partial charge is 0.330 e. The van der Waals surface area contributed by atoms with E-state index in [1.165, 1.54) is 6.20 Å². The molecule has 0 bridgehead atoms. The van der Waals surface area contributed by atoms with Crippen LogP contribution in [0.1, 0.15) is 25.7 Å². The van der Waals surface area contributed by atoms with Gasteiger partial charge in [0.25, 0.3) is 0 Å². The van der Waals surface area contributed by atoms with Crippen molar-refractivity contribution in [2.24, 2.45) is 0 Å². The number of anilines is 1. The number of aromatic nitrogens is 2. The minimum absolute atomic E-state index is 0.164. The highest BCUT2D eigenvalue weighted by Crippen LogP contribution is 2.17. The molecule has 5 heteroatoms. The van der Waals surface area contributed by atoms with Crippen LogP contribution in [0.5, 0.6) is 0 Å². The summed E-state index contributed by atoms with van der Waals surface area (Å²) in [6.45, 7) is 0. The summed E-state index contributed by atoms with van der Waals surface area (Å²) in [6.07, 6.45) is 5.53. The van der Waals surface area contributed by atoms with Crippen LogP contribution in [0, 0.1) is 0 Å². The number of aromatic amines is 1. The number of hydrogen-bond donors (Lipinski definition) is 1. The first kappa shape index (κ1) is 8.93. The number of nitrogens with one attached hydrogen (secondary N) is 1. The smallest absolute Gasteiger partial charge is 0.236 e. The quantitative estimate of drug-likeness (QED) is 0.672. The van der Waals surface area contributed by atoms with Crippen molar-refractivity contribution in [1.82, 2.24) is 9.97 Å². The van der Waals surface area contributed by atoms with E-state index in [1.807, 2.05) is 0 Å². The lowest BCUT2D eigenvalue weighted by atomic mass is 10.2. The van der Waals surface area contributed by atoms with Crippen LogP contribution in [0.3, 0.4) is 0 Å². The molecule has 5 nitrogen and oxygen atoms in total. The molecule has 2 rings (SSSR count). The second-order valence-electron chi connectivity index (χ2n) is 3.24. The number of amides is 2. The van der Waals surface area contributed by atoms with Crippen LogP contribution >= 0.6 is 0 Å². The van der Waals surface area contributed by atoms with Gasteiger partial charge in [-0.15, -0.1) is 0 Å². The van der Waals surface area contributed by atoms with Crippen LogP contribution in [-0.4, -0.2) is 21.8 Å². The molecule has 0 atom stereocenters. The molecule has 1 aromatic rings. The average Bonchev–Trinajstić information content (AvgIpc) is 2.61. The molecule has 0 radical (unpaired) electrons. The maximum absolute atomic E-state index is 11.6. The summed E-state index contributed by atoms with van der Waals surface area (Å²) >= 11 is 0. The zero-order valence-corrected chi connectivity index (χ0v) is 7.69. The van der Waals surface area contributed by atoms with Gasteiger partial charge >= 0.3 is 0 Å². The molecular weight excluding hydrogens is 182 g/mol. The molecule has 0 saturated carbocycles. The highest BCUT2D eigenvalue weighted by Gasteiger charge is 2.26. The highest BCUT2D eigenvalue weighted by molar-refractivity contribution is 6.14. The number of carbonyl (C=O) groups excluding carboxylic acids is 2. The Hall–Kier alpha value is -1.65. The van der Waals surface area contributed by atoms with E-state index >= 15 is 0 Å². The van der Waals surface area contributed by atoms with Crippen LogP contribution in [-0.2, 0) is 9.59 Å². The molecule has 0 spiro atoms. The zero-order chi connectivity index (χ0) is 9.97. The summed E-state index contributed by atoms with van der Waals surface area (Å²) in [5.74, 6) is 0.00630. The van der Waals surface area contributed by atoms with Gasteiger partial charge < -0.3 is 4.98 Å². The monoisotopic (exact) mass is 193 g/mol. The summed E-state index contributed by atoms with van der Waals surface area (Å²) in [5, 5.41) is 0. The molecule has 14 heavy (non-hydrogen) atoms. The number of hydrogen-bond acceptors (Lipinski definition) is 3. The van der Waals surface area contributed by atoms with Crippen LogP contribution in [0.4, 0.5) is 5.95 Å². The lowest BCUT2D eigenvalue weighted by Gasteiger charge is -2.14. The van der Waals surface area contributed by atoms with Gasteiger partial charge in [0.1, 0.15) is 0 Å². The first-order chi connectivity index (χ1) is 6.79. The molecule has 2 heterocycles. The van der Waals surface area contributed by atoms with Crippen molar-refractivity contribution in [2.75, 3.05) is 4.90 Å². The van der Waals surface area contributed by atoms with Crippen molar-refractivity contribution in [3.8, 4) is 0 Å². The lowest BCUT2D eigenvalue weighted by Crippen LogP contribution is -2.35. The van der Waals surface area contributed by atoms with Crippen LogP contribution in [0.25, 0.3) is 0 Å². The molecule has 2 amide bonds. The van der Waals surface area contributed by atoms with Gasteiger partial charge in [0, 0.05) is 25.2 Å². The van der Waals surface area contributed by atoms with Gasteiger partial charge in [0.2, 0.25) is 17.8 Å². The second kappa shape index (κ2) is 3.61. The highest BCUT2D eigenvalue weighted by atomic mass is 16.2. The van der Waals surface area contributed by atoms with Crippen molar-refractivity contribution in [1.29, 1.82) is 0 Å². The number of rotatable bonds is 1. The molecule has 74 valence electrons. The van der Waals surface area contributed by atoms with E-state index in [-0.39, 0.29) is 11.8 Å². The molecule has 0 unspecified atom stereocenters. The van der Waals surface area contributed by atoms with E-state index in [9.17, 15) is 9.59 Å². The molecule has 1 saturated heterocycles. The fraction of sp³-hybridized carbons (Fsp3) is 0.444. The Kier molecular flexibility index (Phi) is 2.30. The molecule has 1 fully saturated rings. The summed E-state index contributed by atoms with van der Waals surface area (Å²) in [7, 11) is 0. The molecule has 0 aromatic carbocycles. The van der Waals surface area contributed by atoms with Crippen molar-refractivity contribution < 1.29 is 9.59 Å². The Labute approximate surface area is 81.1 Å². The van der Waals surface area contributed by atoms with E-state index < -0.39 is 0 Å². The predicted octanol–water partition coefficient (Wildman–Crippen LogP) is 0.843. The molecular formula is C9H11N3O2. The van der Waals surface area contributed by atoms with Gasteiger partial charge in [-0.3, -0.25) is 9.59 Å². The van der Waals surface area contributed by atoms with E-state index in [0.29, 0.717) is 18.8 Å². The van der Waals surface area contributed by atoms with E-state index in [2.05, 4.69) is 9.97 Å². The number of carbonyl (C=O) groups is 2. The number of imidazole rings is 1. The van der Waals surface area contributed by atoms with Gasteiger partial charge in [-0.1, -0.05) is 0 Å². The molecule has 0 aliphatic carbocycles. The third kappa shape index (κ3) is 1.53. The Morgan fingerprint density at radius 3 is 2.36 bits per heavy atom. The Morgan fingerprint density at radius 2 is 1.86 bits per heavy atom. The lowest BCUT2D eigenvalue weighted by molar-refractivity contribution is -0.125. The molecule has 1 aromatic heterocycles. The average molecular weight is 193 g/mol. The van der Waals surface area contributed by atoms with Crippen LogP contribution in [0.2, 0.25) is 0 Å². The summed E-state index contributed by atoms with van der Waals surface area (Å²) in [4.78, 5) is 31.0. The van der Waals surface area contributed by atoms with Crippen LogP contribution in [0.15, 0.2) is 12.4 Å². The first-order valence-corrected chi connectivity index (χ1v) is 4.64. The van der Waals surface area contributed by atoms with E-state index in [0.717, 1.165) is 17.7 Å². The third-order valence-electron chi connectivity index (χ3n) is 2.23. The zero-order valence-electron chi connectivity index (χ0n) is 7.69. The van der Waals surface area contributed by atoms with Crippen molar-refractivity contribution in [3.05, 3.63) is 12.4 Å². The van der Waals surface area contributed by atoms with Crippen molar-refractivity contribution in [2.45, 2.75) is 25.7 Å². The fourth-order valence-electron chi connectivity index (χ4n) is 1.53. The maximum atomic E-state index is 11.6. The Balaban J connectivity index is 2.29. The van der Waals surface area contributed by atoms with Gasteiger partial charge in [0.05, 0.1) is 0 Å². The molecule has 1 aliphatic heterocycles. The minimum atomic E-state index is -0.164. The summed E-state index contributed by atoms with van der Waals surface area (Å²) in [6, 6.07) is 0. The molecule has 1 N–H and O–H groups in total.